The Morgan fingerprint density at radius 1 is 0.903 bits per heavy atom. The molecule has 0 unspecified atom stereocenters. The molecule has 0 radical (unpaired) electrons. The fourth-order valence-electron chi connectivity index (χ4n) is 3.96. The summed E-state index contributed by atoms with van der Waals surface area (Å²) >= 11 is 1.71. The maximum atomic E-state index is 13.6. The average molecular weight is 435 g/mol. The van der Waals surface area contributed by atoms with E-state index in [0.29, 0.717) is 32.2 Å². The number of morpholine rings is 1. The van der Waals surface area contributed by atoms with Gasteiger partial charge in [-0.15, -0.1) is 11.3 Å². The molecule has 4 rings (SSSR count). The molecule has 2 atom stereocenters. The van der Waals surface area contributed by atoms with Gasteiger partial charge in [0.2, 0.25) is 5.91 Å². The topological polar surface area (TPSA) is 41.6 Å². The molecule has 31 heavy (non-hydrogen) atoms. The Labute approximate surface area is 188 Å². The van der Waals surface area contributed by atoms with Gasteiger partial charge >= 0.3 is 0 Å². The van der Waals surface area contributed by atoms with Crippen molar-refractivity contribution in [3.05, 3.63) is 93.7 Å². The lowest BCUT2D eigenvalue weighted by Crippen LogP contribution is -2.47. The highest BCUT2D eigenvalue weighted by Crippen LogP contribution is 2.31. The SMILES string of the molecule is CC(C)c1ccc([C@H](N[C@@H](C(=O)N2CCOCC2)c2ccccc2)c2cccs2)cc1. The first-order valence-corrected chi connectivity index (χ1v) is 11.8. The van der Waals surface area contributed by atoms with Gasteiger partial charge in [0.05, 0.1) is 19.3 Å². The van der Waals surface area contributed by atoms with E-state index < -0.39 is 6.04 Å². The molecular weight excluding hydrogens is 404 g/mol. The Bertz CT molecular complexity index is 949. The van der Waals surface area contributed by atoms with Crippen LogP contribution < -0.4 is 5.32 Å². The minimum Gasteiger partial charge on any atom is -0.378 e. The summed E-state index contributed by atoms with van der Waals surface area (Å²) in [4.78, 5) is 16.7. The van der Waals surface area contributed by atoms with E-state index in [1.54, 1.807) is 11.3 Å². The molecule has 0 aliphatic carbocycles. The fourth-order valence-corrected chi connectivity index (χ4v) is 4.77. The number of rotatable bonds is 7. The van der Waals surface area contributed by atoms with Crippen molar-refractivity contribution in [2.75, 3.05) is 26.3 Å². The second-order valence-corrected chi connectivity index (χ2v) is 9.20. The van der Waals surface area contributed by atoms with Crippen molar-refractivity contribution in [1.29, 1.82) is 0 Å². The fraction of sp³-hybridized carbons (Fsp3) is 0.346. The molecule has 1 fully saturated rings. The largest absolute Gasteiger partial charge is 0.378 e. The third-order valence-corrected chi connectivity index (χ3v) is 6.74. The van der Waals surface area contributed by atoms with E-state index in [0.717, 1.165) is 5.56 Å². The molecule has 2 heterocycles. The predicted molar refractivity (Wildman–Crippen MR) is 126 cm³/mol. The molecule has 2 aromatic carbocycles. The van der Waals surface area contributed by atoms with Crippen molar-refractivity contribution in [2.24, 2.45) is 0 Å². The molecule has 162 valence electrons. The van der Waals surface area contributed by atoms with E-state index in [4.69, 9.17) is 4.74 Å². The number of thiophene rings is 1. The summed E-state index contributed by atoms with van der Waals surface area (Å²) < 4.78 is 5.46. The second-order valence-electron chi connectivity index (χ2n) is 8.22. The minimum atomic E-state index is -0.420. The van der Waals surface area contributed by atoms with Gasteiger partial charge in [-0.1, -0.05) is 74.5 Å². The molecule has 0 saturated carbocycles. The number of carbonyl (C=O) groups is 1. The molecule has 1 saturated heterocycles. The number of ether oxygens (including phenoxy) is 1. The normalized spacial score (nSPS) is 16.3. The smallest absolute Gasteiger partial charge is 0.244 e. The van der Waals surface area contributed by atoms with Crippen molar-refractivity contribution in [3.8, 4) is 0 Å². The van der Waals surface area contributed by atoms with Crippen molar-refractivity contribution in [3.63, 3.8) is 0 Å². The van der Waals surface area contributed by atoms with Gasteiger partial charge in [-0.05, 0) is 34.1 Å². The lowest BCUT2D eigenvalue weighted by Gasteiger charge is -2.33. The van der Waals surface area contributed by atoms with Crippen LogP contribution in [0.2, 0.25) is 0 Å². The summed E-state index contributed by atoms with van der Waals surface area (Å²) in [5.41, 5.74) is 3.47. The van der Waals surface area contributed by atoms with Crippen LogP contribution in [0.3, 0.4) is 0 Å². The van der Waals surface area contributed by atoms with Gasteiger partial charge in [0.15, 0.2) is 0 Å². The van der Waals surface area contributed by atoms with Crippen LogP contribution in [0.25, 0.3) is 0 Å². The van der Waals surface area contributed by atoms with E-state index in [9.17, 15) is 4.79 Å². The first kappa shape index (κ1) is 21.8. The summed E-state index contributed by atoms with van der Waals surface area (Å²) in [5.74, 6) is 0.594. The lowest BCUT2D eigenvalue weighted by molar-refractivity contribution is -0.137. The van der Waals surface area contributed by atoms with Gasteiger partial charge in [0.25, 0.3) is 0 Å². The number of nitrogens with zero attached hydrogens (tertiary/aromatic N) is 1. The maximum absolute atomic E-state index is 13.6. The van der Waals surface area contributed by atoms with Gasteiger partial charge in [-0.25, -0.2) is 0 Å². The van der Waals surface area contributed by atoms with Crippen LogP contribution in [-0.4, -0.2) is 37.1 Å². The third-order valence-electron chi connectivity index (χ3n) is 5.80. The summed E-state index contributed by atoms with van der Waals surface area (Å²) in [7, 11) is 0. The van der Waals surface area contributed by atoms with Crippen LogP contribution in [0.15, 0.2) is 72.1 Å². The Balaban J connectivity index is 1.67. The standard InChI is InChI=1S/C26H30N2O2S/c1-19(2)20-10-12-22(13-11-20)24(23-9-6-18-31-23)27-25(21-7-4-3-5-8-21)26(29)28-14-16-30-17-15-28/h3-13,18-19,24-25,27H,14-17H2,1-2H3/t24-,25+/m0/s1. The zero-order chi connectivity index (χ0) is 21.6. The molecule has 1 aliphatic heterocycles. The number of nitrogens with one attached hydrogen (secondary N) is 1. The molecule has 1 aliphatic rings. The highest BCUT2D eigenvalue weighted by molar-refractivity contribution is 7.10. The first-order chi connectivity index (χ1) is 15.1. The van der Waals surface area contributed by atoms with Crippen LogP contribution >= 0.6 is 11.3 Å². The zero-order valence-corrected chi connectivity index (χ0v) is 19.0. The number of hydrogen-bond acceptors (Lipinski definition) is 4. The van der Waals surface area contributed by atoms with E-state index in [2.05, 4.69) is 60.9 Å². The molecule has 3 aromatic rings. The molecule has 1 amide bonds. The second kappa shape index (κ2) is 10.2. The predicted octanol–water partition coefficient (Wildman–Crippen LogP) is 5.15. The molecule has 1 aromatic heterocycles. The van der Waals surface area contributed by atoms with Crippen molar-refractivity contribution < 1.29 is 9.53 Å². The third kappa shape index (κ3) is 5.24. The van der Waals surface area contributed by atoms with Gasteiger partial charge in [0, 0.05) is 18.0 Å². The van der Waals surface area contributed by atoms with Gasteiger partial charge in [-0.3, -0.25) is 10.1 Å². The Morgan fingerprint density at radius 2 is 1.58 bits per heavy atom. The van der Waals surface area contributed by atoms with Crippen LogP contribution in [0.1, 0.15) is 53.4 Å². The lowest BCUT2D eigenvalue weighted by atomic mass is 9.96. The monoisotopic (exact) mass is 434 g/mol. The van der Waals surface area contributed by atoms with Gasteiger partial charge < -0.3 is 9.64 Å². The molecule has 5 heteroatoms. The maximum Gasteiger partial charge on any atom is 0.244 e. The molecule has 0 bridgehead atoms. The Morgan fingerprint density at radius 3 is 2.19 bits per heavy atom. The summed E-state index contributed by atoms with van der Waals surface area (Å²) in [6, 6.07) is 22.5. The highest BCUT2D eigenvalue weighted by atomic mass is 32.1. The molecule has 1 N–H and O–H groups in total. The molecule has 4 nitrogen and oxygen atoms in total. The van der Waals surface area contributed by atoms with E-state index >= 15 is 0 Å². The first-order valence-electron chi connectivity index (χ1n) is 10.9. The summed E-state index contributed by atoms with van der Waals surface area (Å²) in [6.45, 7) is 6.87. The van der Waals surface area contributed by atoms with Crippen LogP contribution in [0.4, 0.5) is 0 Å². The number of carbonyl (C=O) groups excluding carboxylic acids is 1. The van der Waals surface area contributed by atoms with E-state index in [1.165, 1.54) is 16.0 Å². The number of amides is 1. The Hall–Kier alpha value is -2.47. The number of hydrogen-bond donors (Lipinski definition) is 1. The van der Waals surface area contributed by atoms with Crippen molar-refractivity contribution >= 4 is 17.2 Å². The van der Waals surface area contributed by atoms with Crippen molar-refractivity contribution in [2.45, 2.75) is 31.8 Å². The average Bonchev–Trinajstić information content (AvgIpc) is 3.35. The van der Waals surface area contributed by atoms with E-state index in [1.807, 2.05) is 35.2 Å². The summed E-state index contributed by atoms with van der Waals surface area (Å²) in [5, 5.41) is 5.80. The van der Waals surface area contributed by atoms with Gasteiger partial charge in [0.1, 0.15) is 6.04 Å². The van der Waals surface area contributed by atoms with Crippen LogP contribution in [0, 0.1) is 0 Å². The molecule has 0 spiro atoms. The highest BCUT2D eigenvalue weighted by Gasteiger charge is 2.30. The van der Waals surface area contributed by atoms with Crippen LogP contribution in [-0.2, 0) is 9.53 Å². The van der Waals surface area contributed by atoms with Crippen molar-refractivity contribution in [1.82, 2.24) is 10.2 Å². The van der Waals surface area contributed by atoms with Crippen LogP contribution in [0.5, 0.6) is 0 Å². The quantitative estimate of drug-likeness (QED) is 0.559. The number of benzene rings is 2. The van der Waals surface area contributed by atoms with E-state index in [-0.39, 0.29) is 11.9 Å². The zero-order valence-electron chi connectivity index (χ0n) is 18.2. The Kier molecular flexibility index (Phi) is 7.17. The summed E-state index contributed by atoms with van der Waals surface area (Å²) in [6.07, 6.45) is 0. The minimum absolute atomic E-state index is 0.0589. The molecular formula is C26H30N2O2S. The van der Waals surface area contributed by atoms with Gasteiger partial charge in [-0.2, -0.15) is 0 Å².